The van der Waals surface area contributed by atoms with Crippen molar-refractivity contribution in [2.45, 2.75) is 64.6 Å². The molecule has 1 aliphatic rings. The molecule has 0 saturated heterocycles. The molecule has 0 unspecified atom stereocenters. The maximum atomic E-state index is 13.0. The van der Waals surface area contributed by atoms with E-state index in [2.05, 4.69) is 44.5 Å². The number of H-pyrrole nitrogens is 1. The zero-order chi connectivity index (χ0) is 26.5. The van der Waals surface area contributed by atoms with Crippen LogP contribution in [0.1, 0.15) is 60.7 Å². The predicted molar refractivity (Wildman–Crippen MR) is 147 cm³/mol. The molecule has 0 aliphatic heterocycles. The highest BCUT2D eigenvalue weighted by molar-refractivity contribution is 5.79. The number of pyridine rings is 1. The van der Waals surface area contributed by atoms with Crippen molar-refractivity contribution in [2.75, 3.05) is 20.8 Å². The van der Waals surface area contributed by atoms with E-state index in [1.165, 1.54) is 19.3 Å². The number of aryl methyl sites for hydroxylation is 1. The quantitative estimate of drug-likeness (QED) is 0.329. The first kappa shape index (κ1) is 25.9. The minimum absolute atomic E-state index is 0.0654. The number of hydrogen-bond acceptors (Lipinski definition) is 7. The van der Waals surface area contributed by atoms with Crippen LogP contribution >= 0.6 is 0 Å². The molecule has 2 aromatic heterocycles. The summed E-state index contributed by atoms with van der Waals surface area (Å²) in [5, 5.41) is 13.8. The van der Waals surface area contributed by atoms with E-state index in [0.29, 0.717) is 30.6 Å². The fourth-order valence-electron chi connectivity index (χ4n) is 5.39. The van der Waals surface area contributed by atoms with Gasteiger partial charge in [0.05, 0.1) is 26.8 Å². The Balaban J connectivity index is 1.41. The lowest BCUT2D eigenvalue weighted by Gasteiger charge is -2.25. The van der Waals surface area contributed by atoms with Crippen LogP contribution in [-0.2, 0) is 19.5 Å². The summed E-state index contributed by atoms with van der Waals surface area (Å²) in [6, 6.07) is 14.4. The Bertz CT molecular complexity index is 1440. The molecule has 0 atom stereocenters. The van der Waals surface area contributed by atoms with Gasteiger partial charge >= 0.3 is 0 Å². The molecule has 0 spiro atoms. The van der Waals surface area contributed by atoms with Gasteiger partial charge in [0, 0.05) is 24.2 Å². The largest absolute Gasteiger partial charge is 0.493 e. The highest BCUT2D eigenvalue weighted by atomic mass is 16.5. The van der Waals surface area contributed by atoms with Gasteiger partial charge in [0.1, 0.15) is 0 Å². The van der Waals surface area contributed by atoms with E-state index in [-0.39, 0.29) is 5.56 Å². The molecule has 0 bridgehead atoms. The Kier molecular flexibility index (Phi) is 8.03. The van der Waals surface area contributed by atoms with Crippen LogP contribution in [0.5, 0.6) is 11.5 Å². The summed E-state index contributed by atoms with van der Waals surface area (Å²) < 4.78 is 12.9. The molecular weight excluding hydrogens is 480 g/mol. The first-order chi connectivity index (χ1) is 18.5. The second-order valence-electron chi connectivity index (χ2n) is 10.2. The van der Waals surface area contributed by atoms with Gasteiger partial charge in [-0.1, -0.05) is 37.0 Å². The fourth-order valence-corrected chi connectivity index (χ4v) is 5.39. The maximum Gasteiger partial charge on any atom is 0.252 e. The number of aromatic amines is 1. The summed E-state index contributed by atoms with van der Waals surface area (Å²) in [5.41, 5.74) is 3.80. The average Bonchev–Trinajstić information content (AvgIpc) is 3.40. The zero-order valence-electron chi connectivity index (χ0n) is 22.4. The van der Waals surface area contributed by atoms with Gasteiger partial charge in [-0.15, -0.1) is 5.10 Å². The number of ether oxygens (including phenoxy) is 2. The Morgan fingerprint density at radius 3 is 2.61 bits per heavy atom. The van der Waals surface area contributed by atoms with E-state index in [4.69, 9.17) is 9.47 Å². The van der Waals surface area contributed by atoms with E-state index in [0.717, 1.165) is 59.2 Å². The van der Waals surface area contributed by atoms with E-state index >= 15 is 0 Å². The lowest BCUT2D eigenvalue weighted by atomic mass is 9.95. The number of hydrogen-bond donors (Lipinski definition) is 1. The Hall–Kier alpha value is -3.72. The van der Waals surface area contributed by atoms with Crippen LogP contribution in [0.4, 0.5) is 0 Å². The van der Waals surface area contributed by atoms with Crippen LogP contribution in [0, 0.1) is 6.92 Å². The number of rotatable bonds is 10. The van der Waals surface area contributed by atoms with E-state index in [9.17, 15) is 4.79 Å². The lowest BCUT2D eigenvalue weighted by molar-refractivity contribution is 0.235. The van der Waals surface area contributed by atoms with Crippen molar-refractivity contribution in [3.05, 3.63) is 75.3 Å². The van der Waals surface area contributed by atoms with E-state index < -0.39 is 0 Å². The third-order valence-corrected chi connectivity index (χ3v) is 7.48. The summed E-state index contributed by atoms with van der Waals surface area (Å²) in [6.45, 7) is 3.83. The number of methoxy groups -OCH3 is 2. The molecule has 1 saturated carbocycles. The van der Waals surface area contributed by atoms with Gasteiger partial charge in [0.2, 0.25) is 0 Å². The van der Waals surface area contributed by atoms with Gasteiger partial charge in [-0.3, -0.25) is 9.69 Å². The summed E-state index contributed by atoms with van der Waals surface area (Å²) in [5.74, 6) is 2.26. The van der Waals surface area contributed by atoms with Gasteiger partial charge < -0.3 is 14.5 Å². The van der Waals surface area contributed by atoms with E-state index in [1.54, 1.807) is 14.2 Å². The topological polar surface area (TPSA) is 98.2 Å². The minimum atomic E-state index is -0.0654. The predicted octanol–water partition coefficient (Wildman–Crippen LogP) is 4.59. The number of fused-ring (bicyclic) bond motifs is 1. The maximum absolute atomic E-state index is 13.0. The SMILES string of the molecule is COc1ccc(CCN(Cc2cc3cc(C)ccc3[nH]c2=O)Cc2nnnn2C2CCCCC2)cc1OC. The lowest BCUT2D eigenvalue weighted by Crippen LogP contribution is -2.30. The summed E-state index contributed by atoms with van der Waals surface area (Å²) >= 11 is 0. The minimum Gasteiger partial charge on any atom is -0.493 e. The van der Waals surface area contributed by atoms with Gasteiger partial charge in [-0.25, -0.2) is 4.68 Å². The normalized spacial score (nSPS) is 14.3. The number of aromatic nitrogens is 5. The van der Waals surface area contributed by atoms with E-state index in [1.807, 2.05) is 35.0 Å². The highest BCUT2D eigenvalue weighted by Gasteiger charge is 2.22. The molecule has 9 heteroatoms. The van der Waals surface area contributed by atoms with Crippen LogP contribution in [0.15, 0.2) is 47.3 Å². The molecule has 5 rings (SSSR count). The molecule has 38 heavy (non-hydrogen) atoms. The van der Waals surface area contributed by atoms with Crippen LogP contribution in [0.25, 0.3) is 10.9 Å². The second kappa shape index (κ2) is 11.8. The van der Waals surface area contributed by atoms with Crippen LogP contribution in [0.2, 0.25) is 0 Å². The molecule has 4 aromatic rings. The molecule has 0 amide bonds. The number of benzene rings is 2. The molecule has 0 radical (unpaired) electrons. The monoisotopic (exact) mass is 516 g/mol. The zero-order valence-corrected chi connectivity index (χ0v) is 22.4. The van der Waals surface area contributed by atoms with Gasteiger partial charge in [0.15, 0.2) is 17.3 Å². The second-order valence-corrected chi connectivity index (χ2v) is 10.2. The van der Waals surface area contributed by atoms with Crippen molar-refractivity contribution in [1.29, 1.82) is 0 Å². The molecular formula is C29H36N6O3. The van der Waals surface area contributed by atoms with Gasteiger partial charge in [-0.2, -0.15) is 0 Å². The average molecular weight is 517 g/mol. The van der Waals surface area contributed by atoms with Gasteiger partial charge in [-0.05, 0) is 77.9 Å². The van der Waals surface area contributed by atoms with Crippen molar-refractivity contribution in [1.82, 2.24) is 30.1 Å². The Labute approximate surface area is 222 Å². The van der Waals surface area contributed by atoms with Crippen LogP contribution < -0.4 is 15.0 Å². The summed E-state index contributed by atoms with van der Waals surface area (Å²) in [6.07, 6.45) is 6.67. The number of tetrazole rings is 1. The van der Waals surface area contributed by atoms with Crippen molar-refractivity contribution in [3.8, 4) is 11.5 Å². The van der Waals surface area contributed by atoms with Crippen molar-refractivity contribution in [2.24, 2.45) is 0 Å². The third kappa shape index (κ3) is 5.88. The standard InChI is InChI=1S/C29H36N6O3/c1-20-9-11-25-22(15-20)17-23(29(36)30-25)18-34(14-13-21-10-12-26(37-2)27(16-21)38-3)19-28-31-32-33-35(28)24-7-5-4-6-8-24/h9-12,15-17,24H,4-8,13-14,18-19H2,1-3H3,(H,30,36). The smallest absolute Gasteiger partial charge is 0.252 e. The number of nitrogens with one attached hydrogen (secondary N) is 1. The van der Waals surface area contributed by atoms with Crippen molar-refractivity contribution in [3.63, 3.8) is 0 Å². The van der Waals surface area contributed by atoms with Crippen molar-refractivity contribution < 1.29 is 9.47 Å². The molecule has 1 fully saturated rings. The summed E-state index contributed by atoms with van der Waals surface area (Å²) in [7, 11) is 3.28. The Morgan fingerprint density at radius 1 is 1.00 bits per heavy atom. The fraction of sp³-hybridized carbons (Fsp3) is 0.448. The first-order valence-corrected chi connectivity index (χ1v) is 13.4. The number of nitrogens with zero attached hydrogens (tertiary/aromatic N) is 5. The highest BCUT2D eigenvalue weighted by Crippen LogP contribution is 2.29. The molecule has 2 heterocycles. The third-order valence-electron chi connectivity index (χ3n) is 7.48. The van der Waals surface area contributed by atoms with Crippen LogP contribution in [0.3, 0.4) is 0 Å². The van der Waals surface area contributed by atoms with Crippen molar-refractivity contribution >= 4 is 10.9 Å². The summed E-state index contributed by atoms with van der Waals surface area (Å²) in [4.78, 5) is 18.4. The van der Waals surface area contributed by atoms with Gasteiger partial charge in [0.25, 0.3) is 5.56 Å². The molecule has 2 aromatic carbocycles. The molecule has 9 nitrogen and oxygen atoms in total. The molecule has 200 valence electrons. The first-order valence-electron chi connectivity index (χ1n) is 13.4. The molecule has 1 N–H and O–H groups in total. The molecule has 1 aliphatic carbocycles. The Morgan fingerprint density at radius 2 is 1.82 bits per heavy atom. The van der Waals surface area contributed by atoms with Crippen LogP contribution in [-0.4, -0.2) is 50.9 Å².